The number of aryl methyl sites for hydroxylation is 1. The summed E-state index contributed by atoms with van der Waals surface area (Å²) in [5.41, 5.74) is 1.97. The minimum atomic E-state index is -1.03. The van der Waals surface area contributed by atoms with Crippen LogP contribution in [0.3, 0.4) is 0 Å². The highest BCUT2D eigenvalue weighted by atomic mass is 16.5. The zero-order chi connectivity index (χ0) is 15.5. The van der Waals surface area contributed by atoms with E-state index < -0.39 is 5.60 Å². The summed E-state index contributed by atoms with van der Waals surface area (Å²) >= 11 is 0. The fourth-order valence-corrected chi connectivity index (χ4v) is 2.38. The Labute approximate surface area is 127 Å². The summed E-state index contributed by atoms with van der Waals surface area (Å²) in [4.78, 5) is 0. The lowest BCUT2D eigenvalue weighted by atomic mass is 9.87. The van der Waals surface area contributed by atoms with Gasteiger partial charge in [0.15, 0.2) is 0 Å². The van der Waals surface area contributed by atoms with E-state index in [2.05, 4.69) is 19.1 Å². The zero-order valence-electron chi connectivity index (χ0n) is 13.3. The van der Waals surface area contributed by atoms with Crippen molar-refractivity contribution in [1.29, 1.82) is 0 Å². The predicted octanol–water partition coefficient (Wildman–Crippen LogP) is 4.29. The molecular formula is C19H24O2. The first kappa shape index (κ1) is 15.6. The number of hydrogen-bond acceptors (Lipinski definition) is 2. The van der Waals surface area contributed by atoms with Crippen molar-refractivity contribution in [3.63, 3.8) is 0 Å². The highest BCUT2D eigenvalue weighted by Gasteiger charge is 2.25. The molecule has 2 aromatic carbocycles. The third kappa shape index (κ3) is 3.64. The van der Waals surface area contributed by atoms with Crippen LogP contribution < -0.4 is 4.74 Å². The van der Waals surface area contributed by atoms with Crippen LogP contribution in [0.1, 0.15) is 44.4 Å². The lowest BCUT2D eigenvalue weighted by Gasteiger charge is -2.25. The minimum absolute atomic E-state index is 0.119. The molecule has 2 rings (SSSR count). The van der Waals surface area contributed by atoms with Crippen molar-refractivity contribution in [3.8, 4) is 5.75 Å². The molecule has 2 heteroatoms. The van der Waals surface area contributed by atoms with Crippen LogP contribution in [0.15, 0.2) is 48.5 Å². The van der Waals surface area contributed by atoms with Crippen molar-refractivity contribution in [1.82, 2.24) is 0 Å². The molecule has 0 fully saturated rings. The van der Waals surface area contributed by atoms with Crippen molar-refractivity contribution in [2.45, 2.75) is 45.8 Å². The molecule has 21 heavy (non-hydrogen) atoms. The molecule has 0 spiro atoms. The fraction of sp³-hybridized carbons (Fsp3) is 0.368. The summed E-state index contributed by atoms with van der Waals surface area (Å²) < 4.78 is 5.71. The summed E-state index contributed by atoms with van der Waals surface area (Å²) in [7, 11) is 0. The molecule has 0 aliphatic carbocycles. The van der Waals surface area contributed by atoms with E-state index in [1.807, 2.05) is 57.2 Å². The van der Waals surface area contributed by atoms with E-state index in [9.17, 15) is 5.11 Å². The van der Waals surface area contributed by atoms with Gasteiger partial charge >= 0.3 is 0 Å². The molecule has 112 valence electrons. The Balaban J connectivity index is 2.33. The third-order valence-corrected chi connectivity index (χ3v) is 3.69. The number of hydrogen-bond donors (Lipinski definition) is 1. The Morgan fingerprint density at radius 2 is 1.71 bits per heavy atom. The van der Waals surface area contributed by atoms with Gasteiger partial charge in [-0.1, -0.05) is 43.3 Å². The molecule has 2 nitrogen and oxygen atoms in total. The molecule has 0 aliphatic rings. The first-order valence-corrected chi connectivity index (χ1v) is 7.52. The van der Waals surface area contributed by atoms with Crippen molar-refractivity contribution < 1.29 is 9.84 Å². The van der Waals surface area contributed by atoms with Crippen molar-refractivity contribution in [2.75, 3.05) is 0 Å². The molecule has 0 bridgehead atoms. The molecule has 0 heterocycles. The van der Waals surface area contributed by atoms with Crippen LogP contribution >= 0.6 is 0 Å². The molecule has 1 atom stereocenters. The Morgan fingerprint density at radius 3 is 2.29 bits per heavy atom. The van der Waals surface area contributed by atoms with Gasteiger partial charge in [-0.3, -0.25) is 0 Å². The van der Waals surface area contributed by atoms with Crippen LogP contribution in [0.25, 0.3) is 0 Å². The number of ether oxygens (including phenoxy) is 1. The van der Waals surface area contributed by atoms with Gasteiger partial charge in [-0.25, -0.2) is 0 Å². The summed E-state index contributed by atoms with van der Waals surface area (Å²) in [5.74, 6) is 0.785. The van der Waals surface area contributed by atoms with E-state index in [0.717, 1.165) is 23.3 Å². The monoisotopic (exact) mass is 284 g/mol. The average Bonchev–Trinajstić information content (AvgIpc) is 2.47. The highest BCUT2D eigenvalue weighted by molar-refractivity contribution is 5.40. The van der Waals surface area contributed by atoms with Crippen molar-refractivity contribution in [2.24, 2.45) is 0 Å². The number of rotatable bonds is 5. The topological polar surface area (TPSA) is 29.5 Å². The summed E-state index contributed by atoms with van der Waals surface area (Å²) in [6, 6.07) is 15.8. The SMILES string of the molecule is CCc1ccc(C(C)(O)c2cccc(OC(C)C)c2)cc1. The molecule has 0 aromatic heterocycles. The van der Waals surface area contributed by atoms with Gasteiger partial charge in [-0.15, -0.1) is 0 Å². The number of benzene rings is 2. The van der Waals surface area contributed by atoms with Gasteiger partial charge in [-0.2, -0.15) is 0 Å². The van der Waals surface area contributed by atoms with E-state index >= 15 is 0 Å². The normalized spacial score (nSPS) is 14.0. The standard InChI is InChI=1S/C19H24O2/c1-5-15-9-11-16(12-10-15)19(4,20)17-7-6-8-18(13-17)21-14(2)3/h6-14,20H,5H2,1-4H3. The maximum Gasteiger partial charge on any atom is 0.120 e. The second-order valence-electron chi connectivity index (χ2n) is 5.82. The van der Waals surface area contributed by atoms with Gasteiger partial charge in [0.25, 0.3) is 0 Å². The average molecular weight is 284 g/mol. The van der Waals surface area contributed by atoms with Crippen LogP contribution in [0.5, 0.6) is 5.75 Å². The lowest BCUT2D eigenvalue weighted by molar-refractivity contribution is 0.102. The molecule has 1 N–H and O–H groups in total. The van der Waals surface area contributed by atoms with Crippen LogP contribution in [0, 0.1) is 0 Å². The maximum absolute atomic E-state index is 10.9. The molecule has 0 amide bonds. The molecule has 0 aliphatic heterocycles. The molecule has 0 radical (unpaired) electrons. The summed E-state index contributed by atoms with van der Waals surface area (Å²) in [6.45, 7) is 7.94. The van der Waals surface area contributed by atoms with E-state index in [1.165, 1.54) is 5.56 Å². The van der Waals surface area contributed by atoms with Crippen molar-refractivity contribution >= 4 is 0 Å². The Bertz CT molecular complexity index is 583. The van der Waals surface area contributed by atoms with Crippen molar-refractivity contribution in [3.05, 3.63) is 65.2 Å². The van der Waals surface area contributed by atoms with Crippen LogP contribution in [0.4, 0.5) is 0 Å². The first-order valence-electron chi connectivity index (χ1n) is 7.52. The fourth-order valence-electron chi connectivity index (χ4n) is 2.38. The van der Waals surface area contributed by atoms with Gasteiger partial charge in [0.05, 0.1) is 6.10 Å². The van der Waals surface area contributed by atoms with Crippen LogP contribution in [0.2, 0.25) is 0 Å². The molecule has 1 unspecified atom stereocenters. The molecule has 0 saturated heterocycles. The Morgan fingerprint density at radius 1 is 1.05 bits per heavy atom. The largest absolute Gasteiger partial charge is 0.491 e. The first-order chi connectivity index (χ1) is 9.93. The van der Waals surface area contributed by atoms with Crippen LogP contribution in [-0.2, 0) is 12.0 Å². The summed E-state index contributed by atoms with van der Waals surface area (Å²) in [6.07, 6.45) is 1.12. The Kier molecular flexibility index (Phi) is 4.69. The van der Waals surface area contributed by atoms with E-state index in [4.69, 9.17) is 4.74 Å². The van der Waals surface area contributed by atoms with E-state index in [1.54, 1.807) is 0 Å². The van der Waals surface area contributed by atoms with E-state index in [-0.39, 0.29) is 6.10 Å². The summed E-state index contributed by atoms with van der Waals surface area (Å²) in [5, 5.41) is 10.9. The van der Waals surface area contributed by atoms with Gasteiger partial charge in [0, 0.05) is 0 Å². The maximum atomic E-state index is 10.9. The van der Waals surface area contributed by atoms with Gasteiger partial charge < -0.3 is 9.84 Å². The minimum Gasteiger partial charge on any atom is -0.491 e. The smallest absolute Gasteiger partial charge is 0.120 e. The predicted molar refractivity (Wildman–Crippen MR) is 86.7 cm³/mol. The second kappa shape index (κ2) is 6.31. The molecule has 0 saturated carbocycles. The zero-order valence-corrected chi connectivity index (χ0v) is 13.3. The highest BCUT2D eigenvalue weighted by Crippen LogP contribution is 2.31. The quantitative estimate of drug-likeness (QED) is 0.887. The van der Waals surface area contributed by atoms with Gasteiger partial charge in [0.2, 0.25) is 0 Å². The number of aliphatic hydroxyl groups is 1. The van der Waals surface area contributed by atoms with Gasteiger partial charge in [0.1, 0.15) is 11.4 Å². The lowest BCUT2D eigenvalue weighted by Crippen LogP contribution is -2.23. The third-order valence-electron chi connectivity index (χ3n) is 3.69. The van der Waals surface area contributed by atoms with E-state index in [0.29, 0.717) is 0 Å². The second-order valence-corrected chi connectivity index (χ2v) is 5.82. The molecule has 2 aromatic rings. The molecular weight excluding hydrogens is 260 g/mol. The Hall–Kier alpha value is -1.80. The van der Waals surface area contributed by atoms with Gasteiger partial charge in [-0.05, 0) is 56.0 Å². The van der Waals surface area contributed by atoms with Crippen LogP contribution in [-0.4, -0.2) is 11.2 Å².